The van der Waals surface area contributed by atoms with Crippen LogP contribution in [0.15, 0.2) is 42.6 Å². The first kappa shape index (κ1) is 16.0. The lowest BCUT2D eigenvalue weighted by molar-refractivity contribution is -0.0628. The van der Waals surface area contributed by atoms with Gasteiger partial charge in [-0.05, 0) is 44.2 Å². The van der Waals surface area contributed by atoms with Gasteiger partial charge in [0.1, 0.15) is 23.1 Å². The molecule has 6 heteroatoms. The zero-order valence-electron chi connectivity index (χ0n) is 13.4. The molecule has 1 aliphatic heterocycles. The summed E-state index contributed by atoms with van der Waals surface area (Å²) in [7, 11) is 0. The van der Waals surface area contributed by atoms with Crippen LogP contribution in [-0.2, 0) is 0 Å². The first-order valence-electron chi connectivity index (χ1n) is 7.55. The SMILES string of the molecule is CC1(C)Oc2ccc(C#N)cc2C(NC(=O)c2ccccn2)C1O. The summed E-state index contributed by atoms with van der Waals surface area (Å²) in [5, 5.41) is 22.6. The Labute approximate surface area is 139 Å². The van der Waals surface area contributed by atoms with E-state index in [0.717, 1.165) is 0 Å². The average Bonchev–Trinajstić information content (AvgIpc) is 2.59. The Morgan fingerprint density at radius 1 is 1.38 bits per heavy atom. The van der Waals surface area contributed by atoms with E-state index in [2.05, 4.69) is 16.4 Å². The lowest BCUT2D eigenvalue weighted by atomic mass is 9.86. The molecule has 1 amide bonds. The van der Waals surface area contributed by atoms with Crippen LogP contribution < -0.4 is 10.1 Å². The summed E-state index contributed by atoms with van der Waals surface area (Å²) in [6.07, 6.45) is 0.549. The van der Waals surface area contributed by atoms with E-state index in [-0.39, 0.29) is 5.69 Å². The lowest BCUT2D eigenvalue weighted by Crippen LogP contribution is -2.53. The molecule has 1 aliphatic rings. The molecular weight excluding hydrogens is 306 g/mol. The van der Waals surface area contributed by atoms with Gasteiger partial charge in [-0.3, -0.25) is 9.78 Å². The number of nitrogens with one attached hydrogen (secondary N) is 1. The smallest absolute Gasteiger partial charge is 0.270 e. The Hall–Kier alpha value is -2.91. The zero-order valence-corrected chi connectivity index (χ0v) is 13.4. The largest absolute Gasteiger partial charge is 0.485 e. The molecule has 0 bridgehead atoms. The number of aliphatic hydroxyl groups excluding tert-OH is 1. The summed E-state index contributed by atoms with van der Waals surface area (Å²) >= 11 is 0. The number of pyridine rings is 1. The minimum atomic E-state index is -0.980. The molecule has 1 aromatic carbocycles. The van der Waals surface area contributed by atoms with E-state index in [1.165, 1.54) is 6.20 Å². The van der Waals surface area contributed by atoms with Gasteiger partial charge in [-0.25, -0.2) is 0 Å². The van der Waals surface area contributed by atoms with Crippen LogP contribution in [0.25, 0.3) is 0 Å². The number of ether oxygens (including phenoxy) is 1. The number of nitriles is 1. The van der Waals surface area contributed by atoms with Crippen LogP contribution in [-0.4, -0.2) is 27.7 Å². The molecule has 0 saturated heterocycles. The van der Waals surface area contributed by atoms with Crippen LogP contribution in [0.1, 0.15) is 41.5 Å². The molecule has 0 saturated carbocycles. The molecule has 1 aromatic heterocycles. The van der Waals surface area contributed by atoms with Crippen molar-refractivity contribution in [3.63, 3.8) is 0 Å². The predicted molar refractivity (Wildman–Crippen MR) is 86.3 cm³/mol. The molecule has 0 fully saturated rings. The number of aromatic nitrogens is 1. The first-order valence-corrected chi connectivity index (χ1v) is 7.55. The highest BCUT2D eigenvalue weighted by molar-refractivity contribution is 5.92. The maximum Gasteiger partial charge on any atom is 0.270 e. The highest BCUT2D eigenvalue weighted by atomic mass is 16.5. The van der Waals surface area contributed by atoms with Crippen molar-refractivity contribution in [1.82, 2.24) is 10.3 Å². The topological polar surface area (TPSA) is 95.2 Å². The van der Waals surface area contributed by atoms with Gasteiger partial charge in [0.25, 0.3) is 5.91 Å². The number of aliphatic hydroxyl groups is 1. The van der Waals surface area contributed by atoms with E-state index in [0.29, 0.717) is 16.9 Å². The van der Waals surface area contributed by atoms with Crippen LogP contribution in [0, 0.1) is 11.3 Å². The van der Waals surface area contributed by atoms with Crippen LogP contribution in [0.3, 0.4) is 0 Å². The van der Waals surface area contributed by atoms with Crippen LogP contribution in [0.5, 0.6) is 5.75 Å². The molecule has 122 valence electrons. The van der Waals surface area contributed by atoms with Gasteiger partial charge in [-0.1, -0.05) is 6.07 Å². The quantitative estimate of drug-likeness (QED) is 0.881. The Bertz CT molecular complexity index is 812. The Morgan fingerprint density at radius 3 is 2.83 bits per heavy atom. The summed E-state index contributed by atoms with van der Waals surface area (Å²) in [4.78, 5) is 16.5. The second kappa shape index (κ2) is 5.95. The van der Waals surface area contributed by atoms with Crippen LogP contribution in [0.4, 0.5) is 0 Å². The van der Waals surface area contributed by atoms with Gasteiger partial charge in [0.2, 0.25) is 0 Å². The first-order chi connectivity index (χ1) is 11.4. The minimum Gasteiger partial charge on any atom is -0.485 e. The number of hydrogen-bond acceptors (Lipinski definition) is 5. The number of rotatable bonds is 2. The molecule has 6 nitrogen and oxygen atoms in total. The van der Waals surface area contributed by atoms with Crippen molar-refractivity contribution >= 4 is 5.91 Å². The molecule has 0 aliphatic carbocycles. The number of hydrogen-bond donors (Lipinski definition) is 2. The maximum atomic E-state index is 12.4. The lowest BCUT2D eigenvalue weighted by Gasteiger charge is -2.42. The highest BCUT2D eigenvalue weighted by Crippen LogP contribution is 2.40. The highest BCUT2D eigenvalue weighted by Gasteiger charge is 2.43. The van der Waals surface area contributed by atoms with Crippen molar-refractivity contribution < 1.29 is 14.6 Å². The summed E-state index contributed by atoms with van der Waals surface area (Å²) in [5.41, 5.74) is 0.377. The van der Waals surface area contributed by atoms with Gasteiger partial charge in [-0.15, -0.1) is 0 Å². The van der Waals surface area contributed by atoms with Crippen molar-refractivity contribution in [3.8, 4) is 11.8 Å². The summed E-state index contributed by atoms with van der Waals surface area (Å²) in [5.74, 6) is 0.140. The number of amides is 1. The van der Waals surface area contributed by atoms with Crippen molar-refractivity contribution in [2.45, 2.75) is 31.6 Å². The minimum absolute atomic E-state index is 0.256. The third-order valence-corrected chi connectivity index (χ3v) is 4.06. The van der Waals surface area contributed by atoms with E-state index in [4.69, 9.17) is 10.00 Å². The average molecular weight is 323 g/mol. The fourth-order valence-electron chi connectivity index (χ4n) is 2.74. The normalized spacial score (nSPS) is 21.1. The number of nitrogens with zero attached hydrogens (tertiary/aromatic N) is 2. The van der Waals surface area contributed by atoms with Gasteiger partial charge in [0.15, 0.2) is 0 Å². The second-order valence-corrected chi connectivity index (χ2v) is 6.18. The number of carbonyl (C=O) groups excluding carboxylic acids is 1. The molecule has 0 spiro atoms. The number of benzene rings is 1. The third-order valence-electron chi connectivity index (χ3n) is 4.06. The van der Waals surface area contributed by atoms with Crippen molar-refractivity contribution in [1.29, 1.82) is 5.26 Å². The maximum absolute atomic E-state index is 12.4. The van der Waals surface area contributed by atoms with Crippen molar-refractivity contribution in [2.24, 2.45) is 0 Å². The van der Waals surface area contributed by atoms with E-state index in [1.807, 2.05) is 0 Å². The fraction of sp³-hybridized carbons (Fsp3) is 0.278. The summed E-state index contributed by atoms with van der Waals surface area (Å²) in [6.45, 7) is 3.50. The molecular formula is C18H17N3O3. The van der Waals surface area contributed by atoms with E-state index in [1.54, 1.807) is 50.2 Å². The molecule has 2 heterocycles. The van der Waals surface area contributed by atoms with Crippen LogP contribution in [0.2, 0.25) is 0 Å². The summed E-state index contributed by atoms with van der Waals surface area (Å²) in [6, 6.07) is 11.3. The van der Waals surface area contributed by atoms with Gasteiger partial charge < -0.3 is 15.2 Å². The molecule has 2 unspecified atom stereocenters. The van der Waals surface area contributed by atoms with Crippen molar-refractivity contribution in [2.75, 3.05) is 0 Å². The zero-order chi connectivity index (χ0) is 17.3. The molecule has 0 radical (unpaired) electrons. The van der Waals surface area contributed by atoms with Crippen molar-refractivity contribution in [3.05, 3.63) is 59.4 Å². The molecule has 24 heavy (non-hydrogen) atoms. The molecule has 3 rings (SSSR count). The monoisotopic (exact) mass is 323 g/mol. The van der Waals surface area contributed by atoms with Crippen LogP contribution >= 0.6 is 0 Å². The van der Waals surface area contributed by atoms with E-state index in [9.17, 15) is 9.90 Å². The predicted octanol–water partition coefficient (Wildman–Crippen LogP) is 1.96. The third kappa shape index (κ3) is 2.82. The van der Waals surface area contributed by atoms with Gasteiger partial charge in [0, 0.05) is 11.8 Å². The van der Waals surface area contributed by atoms with E-state index >= 15 is 0 Å². The Kier molecular flexibility index (Phi) is 3.96. The molecule has 2 atom stereocenters. The summed E-state index contributed by atoms with van der Waals surface area (Å²) < 4.78 is 5.82. The number of carbonyl (C=O) groups is 1. The van der Waals surface area contributed by atoms with Gasteiger partial charge in [0.05, 0.1) is 17.7 Å². The van der Waals surface area contributed by atoms with E-state index < -0.39 is 23.7 Å². The van der Waals surface area contributed by atoms with Gasteiger partial charge in [-0.2, -0.15) is 5.26 Å². The standard InChI is InChI=1S/C18H17N3O3/c1-18(2)16(22)15(21-17(23)13-5-3-4-8-20-13)12-9-11(10-19)6-7-14(12)24-18/h3-9,15-16,22H,1-2H3,(H,21,23). The Morgan fingerprint density at radius 2 is 2.17 bits per heavy atom. The fourth-order valence-corrected chi connectivity index (χ4v) is 2.74. The Balaban J connectivity index is 1.99. The number of fused-ring (bicyclic) bond motifs is 1. The molecule has 2 N–H and O–H groups in total. The second-order valence-electron chi connectivity index (χ2n) is 6.18. The van der Waals surface area contributed by atoms with Gasteiger partial charge >= 0.3 is 0 Å². The molecule has 2 aromatic rings.